The molecule has 1 rings (SSSR count). The summed E-state index contributed by atoms with van der Waals surface area (Å²) in [5.74, 6) is 0. The maximum absolute atomic E-state index is 12.2. The molecule has 0 amide bonds. The van der Waals surface area contributed by atoms with Gasteiger partial charge in [0.15, 0.2) is 0 Å². The van der Waals surface area contributed by atoms with Crippen LogP contribution in [0.25, 0.3) is 0 Å². The van der Waals surface area contributed by atoms with Crippen molar-refractivity contribution in [1.29, 1.82) is 0 Å². The monoisotopic (exact) mass is 556 g/mol. The third-order valence-corrected chi connectivity index (χ3v) is 8.35. The van der Waals surface area contributed by atoms with E-state index in [1.165, 1.54) is 108 Å². The summed E-state index contributed by atoms with van der Waals surface area (Å²) in [4.78, 5) is 0.0782. The molecular weight excluding hydrogens is 500 g/mol. The van der Waals surface area contributed by atoms with E-state index in [1.54, 1.807) is 19.2 Å². The Balaban J connectivity index is 1.96. The second-order valence-corrected chi connectivity index (χ2v) is 12.3. The molecule has 7 heteroatoms. The van der Waals surface area contributed by atoms with Crippen LogP contribution in [-0.2, 0) is 23.8 Å². The largest absolute Gasteiger partial charge is 0.388 e. The topological polar surface area (TPSA) is 82.1 Å². The summed E-state index contributed by atoms with van der Waals surface area (Å²) < 4.78 is 40.5. The molecule has 222 valence electrons. The second-order valence-electron chi connectivity index (χ2n) is 10.7. The lowest BCUT2D eigenvalue weighted by Crippen LogP contribution is -2.27. The molecule has 38 heavy (non-hydrogen) atoms. The first-order valence-electron chi connectivity index (χ1n) is 15.1. The van der Waals surface area contributed by atoms with Gasteiger partial charge in [0, 0.05) is 7.11 Å². The maximum atomic E-state index is 12.2. The predicted octanol–water partition coefficient (Wildman–Crippen LogP) is 7.74. The molecule has 0 saturated carbocycles. The molecular formula is C31H56O6S. The van der Waals surface area contributed by atoms with Crippen LogP contribution in [0.1, 0.15) is 122 Å². The van der Waals surface area contributed by atoms with Crippen LogP contribution in [0.4, 0.5) is 0 Å². The average molecular weight is 557 g/mol. The Morgan fingerprint density at radius 1 is 0.711 bits per heavy atom. The first-order valence-corrected chi connectivity index (χ1v) is 16.5. The first-order chi connectivity index (χ1) is 18.4. The second kappa shape index (κ2) is 22.8. The first kappa shape index (κ1) is 35.0. The van der Waals surface area contributed by atoms with Crippen molar-refractivity contribution in [1.82, 2.24) is 0 Å². The van der Waals surface area contributed by atoms with Crippen LogP contribution in [0.3, 0.4) is 0 Å². The van der Waals surface area contributed by atoms with Gasteiger partial charge < -0.3 is 14.6 Å². The minimum Gasteiger partial charge on any atom is -0.388 e. The van der Waals surface area contributed by atoms with E-state index in [0.717, 1.165) is 18.4 Å². The lowest BCUT2D eigenvalue weighted by Gasteiger charge is -2.17. The number of aliphatic hydroxyl groups is 1. The molecule has 0 aliphatic rings. The van der Waals surface area contributed by atoms with Gasteiger partial charge in [-0.25, -0.2) is 0 Å². The van der Waals surface area contributed by atoms with E-state index in [2.05, 4.69) is 6.92 Å². The van der Waals surface area contributed by atoms with Crippen molar-refractivity contribution in [3.63, 3.8) is 0 Å². The standard InChI is InChI=1S/C31H56O6S/c1-4-5-6-7-8-9-10-11-12-13-14-15-16-17-18-19-20-30(35-3)27-36-25-29(32)26-37-38(33,34)31-23-21-28(2)22-24-31/h21-24,29-30,32H,4-20,25-27H2,1-3H3. The number of hydrogen-bond donors (Lipinski definition) is 1. The molecule has 2 atom stereocenters. The zero-order chi connectivity index (χ0) is 27.9. The minimum absolute atomic E-state index is 0.00222. The molecule has 1 N–H and O–H groups in total. The van der Waals surface area contributed by atoms with Gasteiger partial charge in [-0.2, -0.15) is 8.42 Å². The molecule has 0 fully saturated rings. The molecule has 0 bridgehead atoms. The van der Waals surface area contributed by atoms with Gasteiger partial charge in [-0.05, 0) is 25.5 Å². The Morgan fingerprint density at radius 2 is 1.18 bits per heavy atom. The summed E-state index contributed by atoms with van der Waals surface area (Å²) in [6.07, 6.45) is 21.5. The number of methoxy groups -OCH3 is 1. The smallest absolute Gasteiger partial charge is 0.297 e. The fourth-order valence-electron chi connectivity index (χ4n) is 4.51. The van der Waals surface area contributed by atoms with E-state index in [1.807, 2.05) is 6.92 Å². The summed E-state index contributed by atoms with van der Waals surface area (Å²) in [5.41, 5.74) is 0.963. The summed E-state index contributed by atoms with van der Waals surface area (Å²) in [6.45, 7) is 4.19. The number of benzene rings is 1. The molecule has 0 aliphatic heterocycles. The lowest BCUT2D eigenvalue weighted by atomic mass is 10.0. The third kappa shape index (κ3) is 18.3. The molecule has 0 heterocycles. The van der Waals surface area contributed by atoms with E-state index < -0.39 is 16.2 Å². The van der Waals surface area contributed by atoms with Gasteiger partial charge in [0.2, 0.25) is 0 Å². The Morgan fingerprint density at radius 3 is 1.66 bits per heavy atom. The van der Waals surface area contributed by atoms with Crippen molar-refractivity contribution in [3.8, 4) is 0 Å². The zero-order valence-corrected chi connectivity index (χ0v) is 25.3. The van der Waals surface area contributed by atoms with E-state index in [9.17, 15) is 13.5 Å². The normalized spacial score (nSPS) is 13.6. The SMILES string of the molecule is CCCCCCCCCCCCCCCCCCC(COCC(O)COS(=O)(=O)c1ccc(C)cc1)OC. The molecule has 6 nitrogen and oxygen atoms in total. The van der Waals surface area contributed by atoms with E-state index in [4.69, 9.17) is 13.7 Å². The highest BCUT2D eigenvalue weighted by Crippen LogP contribution is 2.16. The van der Waals surface area contributed by atoms with Gasteiger partial charge in [0.1, 0.15) is 6.10 Å². The summed E-state index contributed by atoms with van der Waals surface area (Å²) in [5, 5.41) is 10.1. The molecule has 0 aliphatic carbocycles. The molecule has 1 aromatic rings. The zero-order valence-electron chi connectivity index (χ0n) is 24.5. The van der Waals surface area contributed by atoms with Crippen molar-refractivity contribution >= 4 is 10.1 Å². The van der Waals surface area contributed by atoms with Gasteiger partial charge >= 0.3 is 0 Å². The van der Waals surface area contributed by atoms with Crippen LogP contribution in [0.15, 0.2) is 29.2 Å². The molecule has 1 aromatic carbocycles. The highest BCUT2D eigenvalue weighted by molar-refractivity contribution is 7.86. The third-order valence-electron chi connectivity index (χ3n) is 7.05. The van der Waals surface area contributed by atoms with Crippen LogP contribution in [0, 0.1) is 6.92 Å². The van der Waals surface area contributed by atoms with Crippen molar-refractivity contribution in [3.05, 3.63) is 29.8 Å². The highest BCUT2D eigenvalue weighted by atomic mass is 32.2. The summed E-state index contributed by atoms with van der Waals surface area (Å²) in [6, 6.07) is 6.41. The van der Waals surface area contributed by atoms with Crippen LogP contribution in [0.2, 0.25) is 0 Å². The quantitative estimate of drug-likeness (QED) is 0.0928. The Bertz CT molecular complexity index is 765. The van der Waals surface area contributed by atoms with E-state index in [0.29, 0.717) is 6.61 Å². The van der Waals surface area contributed by atoms with Gasteiger partial charge in [-0.15, -0.1) is 0 Å². The van der Waals surface area contributed by atoms with Crippen LogP contribution in [0.5, 0.6) is 0 Å². The fourth-order valence-corrected chi connectivity index (χ4v) is 5.46. The minimum atomic E-state index is -3.89. The fraction of sp³-hybridized carbons (Fsp3) is 0.806. The maximum Gasteiger partial charge on any atom is 0.297 e. The Kier molecular flexibility index (Phi) is 21.0. The lowest BCUT2D eigenvalue weighted by molar-refractivity contribution is -0.0350. The van der Waals surface area contributed by atoms with E-state index >= 15 is 0 Å². The number of hydrogen-bond acceptors (Lipinski definition) is 6. The van der Waals surface area contributed by atoms with Crippen molar-refractivity contribution < 1.29 is 27.2 Å². The van der Waals surface area contributed by atoms with Crippen molar-refractivity contribution in [2.75, 3.05) is 26.9 Å². The number of ether oxygens (including phenoxy) is 2. The summed E-state index contributed by atoms with van der Waals surface area (Å²) >= 11 is 0. The number of aliphatic hydroxyl groups excluding tert-OH is 1. The van der Waals surface area contributed by atoms with Gasteiger partial charge in [-0.3, -0.25) is 4.18 Å². The van der Waals surface area contributed by atoms with E-state index in [-0.39, 0.29) is 24.2 Å². The summed E-state index contributed by atoms with van der Waals surface area (Å²) in [7, 11) is -2.22. The average Bonchev–Trinajstić information content (AvgIpc) is 2.91. The Hall–Kier alpha value is -0.990. The molecule has 0 spiro atoms. The van der Waals surface area contributed by atoms with Crippen molar-refractivity contribution in [2.24, 2.45) is 0 Å². The number of unbranched alkanes of at least 4 members (excludes halogenated alkanes) is 15. The molecule has 0 aromatic heterocycles. The number of aryl methyl sites for hydroxylation is 1. The van der Waals surface area contributed by atoms with Crippen LogP contribution in [-0.4, -0.2) is 52.7 Å². The molecule has 0 radical (unpaired) electrons. The number of rotatable bonds is 26. The van der Waals surface area contributed by atoms with Gasteiger partial charge in [0.05, 0.1) is 30.8 Å². The Labute approximate surface area is 234 Å². The predicted molar refractivity (Wildman–Crippen MR) is 156 cm³/mol. The molecule has 2 unspecified atom stereocenters. The highest BCUT2D eigenvalue weighted by Gasteiger charge is 2.18. The van der Waals surface area contributed by atoms with Crippen molar-refractivity contribution in [2.45, 2.75) is 140 Å². The van der Waals surface area contributed by atoms with Gasteiger partial charge in [-0.1, -0.05) is 127 Å². The van der Waals surface area contributed by atoms with Crippen LogP contribution >= 0.6 is 0 Å². The van der Waals surface area contributed by atoms with Crippen LogP contribution < -0.4 is 0 Å². The van der Waals surface area contributed by atoms with Gasteiger partial charge in [0.25, 0.3) is 10.1 Å². The molecule has 0 saturated heterocycles.